The largest absolute Gasteiger partial charge is 0.398 e. The Morgan fingerprint density at radius 3 is 2.72 bits per heavy atom. The van der Waals surface area contributed by atoms with Gasteiger partial charge in [0.1, 0.15) is 0 Å². The van der Waals surface area contributed by atoms with E-state index < -0.39 is 5.91 Å². The zero-order chi connectivity index (χ0) is 13.3. The van der Waals surface area contributed by atoms with E-state index in [1.54, 1.807) is 12.1 Å². The van der Waals surface area contributed by atoms with E-state index in [1.165, 1.54) is 0 Å². The van der Waals surface area contributed by atoms with E-state index in [1.807, 2.05) is 6.07 Å². The first-order chi connectivity index (χ1) is 8.49. The van der Waals surface area contributed by atoms with Gasteiger partial charge in [0.05, 0.1) is 5.56 Å². The maximum atomic E-state index is 11.3. The van der Waals surface area contributed by atoms with Crippen LogP contribution in [0.4, 0.5) is 11.4 Å². The predicted octanol–water partition coefficient (Wildman–Crippen LogP) is 0.508. The molecule has 98 valence electrons. The Morgan fingerprint density at radius 1 is 1.44 bits per heavy atom. The van der Waals surface area contributed by atoms with Crippen LogP contribution >= 0.6 is 0 Å². The van der Waals surface area contributed by atoms with Crippen LogP contribution in [0.2, 0.25) is 0 Å². The fourth-order valence-corrected chi connectivity index (χ4v) is 2.35. The monoisotopic (exact) mass is 248 g/mol. The maximum absolute atomic E-state index is 11.3. The molecule has 1 aliphatic heterocycles. The second-order valence-electron chi connectivity index (χ2n) is 4.99. The molecule has 1 unspecified atom stereocenters. The number of likely N-dealkylation sites (N-methyl/N-ethyl adjacent to an activating group) is 1. The summed E-state index contributed by atoms with van der Waals surface area (Å²) in [6.45, 7) is 1.96. The van der Waals surface area contributed by atoms with Crippen LogP contribution in [-0.4, -0.2) is 44.0 Å². The summed E-state index contributed by atoms with van der Waals surface area (Å²) in [4.78, 5) is 15.8. The minimum atomic E-state index is -0.474. The molecule has 1 aliphatic rings. The number of amides is 1. The molecule has 0 aliphatic carbocycles. The summed E-state index contributed by atoms with van der Waals surface area (Å²) in [5, 5.41) is 0. The van der Waals surface area contributed by atoms with E-state index in [0.29, 0.717) is 17.3 Å². The highest BCUT2D eigenvalue weighted by Gasteiger charge is 2.24. The fraction of sp³-hybridized carbons (Fsp3) is 0.462. The molecule has 1 heterocycles. The lowest BCUT2D eigenvalue weighted by molar-refractivity contribution is 0.100. The molecule has 0 saturated carbocycles. The van der Waals surface area contributed by atoms with E-state index in [9.17, 15) is 4.79 Å². The molecule has 0 spiro atoms. The molecular weight excluding hydrogens is 228 g/mol. The first-order valence-corrected chi connectivity index (χ1v) is 6.09. The fourth-order valence-electron chi connectivity index (χ4n) is 2.35. The summed E-state index contributed by atoms with van der Waals surface area (Å²) < 4.78 is 0. The summed E-state index contributed by atoms with van der Waals surface area (Å²) >= 11 is 0. The van der Waals surface area contributed by atoms with E-state index in [2.05, 4.69) is 23.9 Å². The molecule has 5 heteroatoms. The Hall–Kier alpha value is -1.75. The van der Waals surface area contributed by atoms with Gasteiger partial charge in [-0.05, 0) is 38.7 Å². The van der Waals surface area contributed by atoms with Crippen molar-refractivity contribution < 1.29 is 4.79 Å². The van der Waals surface area contributed by atoms with Crippen molar-refractivity contribution in [1.29, 1.82) is 0 Å². The van der Waals surface area contributed by atoms with Crippen molar-refractivity contribution in [3.05, 3.63) is 23.8 Å². The quantitative estimate of drug-likeness (QED) is 0.764. The van der Waals surface area contributed by atoms with Crippen molar-refractivity contribution in [2.45, 2.75) is 12.5 Å². The van der Waals surface area contributed by atoms with Crippen molar-refractivity contribution >= 4 is 17.3 Å². The van der Waals surface area contributed by atoms with E-state index in [-0.39, 0.29) is 0 Å². The van der Waals surface area contributed by atoms with Gasteiger partial charge >= 0.3 is 0 Å². The number of primary amides is 1. The average molecular weight is 248 g/mol. The number of benzene rings is 1. The second-order valence-corrected chi connectivity index (χ2v) is 4.99. The van der Waals surface area contributed by atoms with E-state index in [0.717, 1.165) is 25.2 Å². The molecule has 1 aromatic rings. The Bertz CT molecular complexity index is 458. The first-order valence-electron chi connectivity index (χ1n) is 6.09. The van der Waals surface area contributed by atoms with E-state index >= 15 is 0 Å². The Balaban J connectivity index is 2.20. The van der Waals surface area contributed by atoms with Gasteiger partial charge in [0.25, 0.3) is 5.91 Å². The van der Waals surface area contributed by atoms with Crippen LogP contribution in [0.5, 0.6) is 0 Å². The van der Waals surface area contributed by atoms with Gasteiger partial charge in [0.15, 0.2) is 0 Å². The Labute approximate surface area is 107 Å². The molecule has 4 N–H and O–H groups in total. The van der Waals surface area contributed by atoms with Crippen LogP contribution in [0, 0.1) is 0 Å². The van der Waals surface area contributed by atoms with Crippen LogP contribution < -0.4 is 16.4 Å². The predicted molar refractivity (Wildman–Crippen MR) is 73.7 cm³/mol. The molecular formula is C13H20N4O. The van der Waals surface area contributed by atoms with Crippen molar-refractivity contribution in [3.8, 4) is 0 Å². The lowest BCUT2D eigenvalue weighted by Crippen LogP contribution is -2.31. The molecule has 1 aromatic carbocycles. The Morgan fingerprint density at radius 2 is 2.17 bits per heavy atom. The SMILES string of the molecule is CN(C)C1CCN(c2ccc(N)c(C(N)=O)c2)C1. The van der Waals surface area contributed by atoms with Crippen molar-refractivity contribution in [2.24, 2.45) is 5.73 Å². The summed E-state index contributed by atoms with van der Waals surface area (Å²) in [7, 11) is 4.18. The van der Waals surface area contributed by atoms with Gasteiger partial charge in [0, 0.05) is 30.5 Å². The topological polar surface area (TPSA) is 75.6 Å². The van der Waals surface area contributed by atoms with Crippen LogP contribution in [0.1, 0.15) is 16.8 Å². The number of nitrogen functional groups attached to an aromatic ring is 1. The molecule has 1 amide bonds. The summed E-state index contributed by atoms with van der Waals surface area (Å²) in [6.07, 6.45) is 1.13. The summed E-state index contributed by atoms with van der Waals surface area (Å²) in [6, 6.07) is 6.04. The average Bonchev–Trinajstić information content (AvgIpc) is 2.78. The number of hydrogen-bond donors (Lipinski definition) is 2. The van der Waals surface area contributed by atoms with Gasteiger partial charge in [-0.2, -0.15) is 0 Å². The number of rotatable bonds is 3. The highest BCUT2D eigenvalue weighted by atomic mass is 16.1. The van der Waals surface area contributed by atoms with Crippen LogP contribution in [0.15, 0.2) is 18.2 Å². The van der Waals surface area contributed by atoms with Crippen LogP contribution in [-0.2, 0) is 0 Å². The molecule has 2 rings (SSSR count). The van der Waals surface area contributed by atoms with Crippen molar-refractivity contribution in [1.82, 2.24) is 4.90 Å². The van der Waals surface area contributed by atoms with Gasteiger partial charge in [-0.3, -0.25) is 4.79 Å². The second kappa shape index (κ2) is 4.86. The third kappa shape index (κ3) is 2.41. The number of nitrogens with two attached hydrogens (primary N) is 2. The van der Waals surface area contributed by atoms with Crippen LogP contribution in [0.25, 0.3) is 0 Å². The molecule has 18 heavy (non-hydrogen) atoms. The van der Waals surface area contributed by atoms with Gasteiger partial charge in [0.2, 0.25) is 0 Å². The molecule has 0 bridgehead atoms. The summed E-state index contributed by atoms with van der Waals surface area (Å²) in [5.74, 6) is -0.474. The van der Waals surface area contributed by atoms with Gasteiger partial charge in [-0.1, -0.05) is 0 Å². The zero-order valence-electron chi connectivity index (χ0n) is 10.9. The smallest absolute Gasteiger partial charge is 0.250 e. The normalized spacial score (nSPS) is 19.5. The standard InChI is InChI=1S/C13H20N4O/c1-16(2)10-5-6-17(8-10)9-3-4-12(14)11(7-9)13(15)18/h3-4,7,10H,5-6,8,14H2,1-2H3,(H2,15,18). The van der Waals surface area contributed by atoms with Crippen molar-refractivity contribution in [3.63, 3.8) is 0 Å². The maximum Gasteiger partial charge on any atom is 0.250 e. The lowest BCUT2D eigenvalue weighted by Gasteiger charge is -2.22. The summed E-state index contributed by atoms with van der Waals surface area (Å²) in [5.41, 5.74) is 12.9. The van der Waals surface area contributed by atoms with Crippen LogP contribution in [0.3, 0.4) is 0 Å². The molecule has 1 fully saturated rings. The van der Waals surface area contributed by atoms with Crippen molar-refractivity contribution in [2.75, 3.05) is 37.8 Å². The third-order valence-electron chi connectivity index (χ3n) is 3.56. The molecule has 5 nitrogen and oxygen atoms in total. The minimum absolute atomic E-state index is 0.404. The molecule has 0 aromatic heterocycles. The Kier molecular flexibility index (Phi) is 3.43. The lowest BCUT2D eigenvalue weighted by atomic mass is 10.1. The van der Waals surface area contributed by atoms with E-state index in [4.69, 9.17) is 11.5 Å². The first kappa shape index (κ1) is 12.7. The molecule has 1 atom stereocenters. The third-order valence-corrected chi connectivity index (χ3v) is 3.56. The zero-order valence-corrected chi connectivity index (χ0v) is 10.9. The number of carbonyl (C=O) groups excluding carboxylic acids is 1. The number of carbonyl (C=O) groups is 1. The molecule has 1 saturated heterocycles. The highest BCUT2D eigenvalue weighted by Crippen LogP contribution is 2.25. The highest BCUT2D eigenvalue weighted by molar-refractivity contribution is 5.99. The number of hydrogen-bond acceptors (Lipinski definition) is 4. The van der Waals surface area contributed by atoms with Gasteiger partial charge < -0.3 is 21.3 Å². The number of anilines is 2. The van der Waals surface area contributed by atoms with Gasteiger partial charge in [-0.25, -0.2) is 0 Å². The van der Waals surface area contributed by atoms with Gasteiger partial charge in [-0.15, -0.1) is 0 Å². The number of nitrogens with zero attached hydrogens (tertiary/aromatic N) is 2. The molecule has 0 radical (unpaired) electrons. The minimum Gasteiger partial charge on any atom is -0.398 e.